The fourth-order valence-electron chi connectivity index (χ4n) is 2.20. The van der Waals surface area contributed by atoms with Crippen LogP contribution in [0.5, 0.6) is 0 Å². The highest BCUT2D eigenvalue weighted by Crippen LogP contribution is 2.33. The van der Waals surface area contributed by atoms with Crippen LogP contribution in [0, 0.1) is 5.82 Å². The molecule has 0 bridgehead atoms. The summed E-state index contributed by atoms with van der Waals surface area (Å²) >= 11 is 5.82. The first-order chi connectivity index (χ1) is 7.68. The SMILES string of the molecule is CNC1(c2ccc(F)c(Cl)c2)CCOCC1. The summed E-state index contributed by atoms with van der Waals surface area (Å²) in [6.07, 6.45) is 1.76. The molecular formula is C12H15ClFNO. The molecule has 1 fully saturated rings. The molecule has 0 atom stereocenters. The fraction of sp³-hybridized carbons (Fsp3) is 0.500. The first kappa shape index (κ1) is 11.8. The molecule has 0 unspecified atom stereocenters. The predicted octanol–water partition coefficient (Wildman–Crippen LogP) is 2.70. The van der Waals surface area contributed by atoms with Crippen LogP contribution in [0.25, 0.3) is 0 Å². The maximum atomic E-state index is 13.1. The van der Waals surface area contributed by atoms with Crippen molar-refractivity contribution in [3.63, 3.8) is 0 Å². The van der Waals surface area contributed by atoms with Gasteiger partial charge >= 0.3 is 0 Å². The zero-order valence-corrected chi connectivity index (χ0v) is 9.98. The zero-order chi connectivity index (χ0) is 11.6. The maximum Gasteiger partial charge on any atom is 0.141 e. The first-order valence-corrected chi connectivity index (χ1v) is 5.78. The maximum absolute atomic E-state index is 13.1. The minimum atomic E-state index is -0.372. The quantitative estimate of drug-likeness (QED) is 0.863. The van der Waals surface area contributed by atoms with E-state index in [1.165, 1.54) is 6.07 Å². The summed E-state index contributed by atoms with van der Waals surface area (Å²) in [5, 5.41) is 3.50. The fourth-order valence-corrected chi connectivity index (χ4v) is 2.38. The third kappa shape index (κ3) is 2.08. The summed E-state index contributed by atoms with van der Waals surface area (Å²) in [6, 6.07) is 4.92. The van der Waals surface area contributed by atoms with E-state index in [0.29, 0.717) is 0 Å². The monoisotopic (exact) mass is 243 g/mol. The Hall–Kier alpha value is -0.640. The number of nitrogens with one attached hydrogen (secondary N) is 1. The van der Waals surface area contributed by atoms with Gasteiger partial charge in [-0.1, -0.05) is 17.7 Å². The Morgan fingerprint density at radius 1 is 1.38 bits per heavy atom. The summed E-state index contributed by atoms with van der Waals surface area (Å²) < 4.78 is 18.5. The zero-order valence-electron chi connectivity index (χ0n) is 9.22. The van der Waals surface area contributed by atoms with Crippen molar-refractivity contribution in [3.05, 3.63) is 34.6 Å². The number of ether oxygens (including phenoxy) is 1. The van der Waals surface area contributed by atoms with Gasteiger partial charge in [0.25, 0.3) is 0 Å². The smallest absolute Gasteiger partial charge is 0.141 e. The van der Waals surface area contributed by atoms with Crippen LogP contribution in [0.2, 0.25) is 5.02 Å². The van der Waals surface area contributed by atoms with Gasteiger partial charge in [0.2, 0.25) is 0 Å². The molecule has 1 aromatic carbocycles. The van der Waals surface area contributed by atoms with E-state index in [1.807, 2.05) is 7.05 Å². The lowest BCUT2D eigenvalue weighted by Gasteiger charge is -2.37. The van der Waals surface area contributed by atoms with Crippen LogP contribution in [0.1, 0.15) is 18.4 Å². The van der Waals surface area contributed by atoms with Crippen LogP contribution in [-0.2, 0) is 10.3 Å². The lowest BCUT2D eigenvalue weighted by Crippen LogP contribution is -2.44. The summed E-state index contributed by atoms with van der Waals surface area (Å²) in [5.74, 6) is -0.372. The van der Waals surface area contributed by atoms with Gasteiger partial charge in [-0.15, -0.1) is 0 Å². The minimum absolute atomic E-state index is 0.129. The third-order valence-corrected chi connectivity index (χ3v) is 3.59. The van der Waals surface area contributed by atoms with E-state index in [-0.39, 0.29) is 16.4 Å². The second kappa shape index (κ2) is 4.70. The molecule has 1 aromatic rings. The van der Waals surface area contributed by atoms with Gasteiger partial charge in [-0.25, -0.2) is 4.39 Å². The number of halogens is 2. The summed E-state index contributed by atoms with van der Waals surface area (Å²) in [5.41, 5.74) is 0.903. The van der Waals surface area contributed by atoms with Gasteiger partial charge in [-0.05, 0) is 37.6 Å². The number of hydrogen-bond acceptors (Lipinski definition) is 2. The molecule has 1 saturated heterocycles. The summed E-state index contributed by atoms with van der Waals surface area (Å²) in [4.78, 5) is 0. The summed E-state index contributed by atoms with van der Waals surface area (Å²) in [6.45, 7) is 1.44. The highest BCUT2D eigenvalue weighted by atomic mass is 35.5. The largest absolute Gasteiger partial charge is 0.381 e. The highest BCUT2D eigenvalue weighted by Gasteiger charge is 2.32. The second-order valence-corrected chi connectivity index (χ2v) is 4.48. The van der Waals surface area contributed by atoms with Crippen molar-refractivity contribution >= 4 is 11.6 Å². The van der Waals surface area contributed by atoms with E-state index < -0.39 is 0 Å². The van der Waals surface area contributed by atoms with E-state index in [4.69, 9.17) is 16.3 Å². The van der Waals surface area contributed by atoms with E-state index in [2.05, 4.69) is 5.32 Å². The Kier molecular flexibility index (Phi) is 3.47. The number of benzene rings is 1. The Balaban J connectivity index is 2.35. The first-order valence-electron chi connectivity index (χ1n) is 5.40. The molecule has 0 saturated carbocycles. The van der Waals surface area contributed by atoms with Crippen molar-refractivity contribution in [3.8, 4) is 0 Å². The van der Waals surface area contributed by atoms with Gasteiger partial charge in [-0.2, -0.15) is 0 Å². The molecule has 0 aliphatic carbocycles. The molecule has 2 nitrogen and oxygen atoms in total. The molecule has 0 radical (unpaired) electrons. The van der Waals surface area contributed by atoms with Crippen molar-refractivity contribution in [1.82, 2.24) is 5.32 Å². The van der Waals surface area contributed by atoms with Gasteiger partial charge < -0.3 is 10.1 Å². The molecule has 0 aromatic heterocycles. The molecule has 1 aliphatic rings. The normalized spacial score (nSPS) is 19.7. The van der Waals surface area contributed by atoms with Gasteiger partial charge in [0.15, 0.2) is 0 Å². The average molecular weight is 244 g/mol. The van der Waals surface area contributed by atoms with Crippen LogP contribution in [0.15, 0.2) is 18.2 Å². The van der Waals surface area contributed by atoms with Gasteiger partial charge in [0.1, 0.15) is 5.82 Å². The highest BCUT2D eigenvalue weighted by molar-refractivity contribution is 6.30. The van der Waals surface area contributed by atoms with Crippen molar-refractivity contribution in [1.29, 1.82) is 0 Å². The van der Waals surface area contributed by atoms with Crippen molar-refractivity contribution < 1.29 is 9.13 Å². The van der Waals surface area contributed by atoms with Crippen LogP contribution in [0.3, 0.4) is 0 Å². The molecule has 4 heteroatoms. The summed E-state index contributed by atoms with van der Waals surface area (Å²) in [7, 11) is 1.92. The van der Waals surface area contributed by atoms with E-state index in [1.54, 1.807) is 12.1 Å². The molecule has 0 amide bonds. The Bertz CT molecular complexity index is 377. The second-order valence-electron chi connectivity index (χ2n) is 4.07. The van der Waals surface area contributed by atoms with Crippen LogP contribution in [-0.4, -0.2) is 20.3 Å². The Morgan fingerprint density at radius 3 is 2.62 bits per heavy atom. The number of hydrogen-bond donors (Lipinski definition) is 1. The van der Waals surface area contributed by atoms with Crippen LogP contribution >= 0.6 is 11.6 Å². The lowest BCUT2D eigenvalue weighted by molar-refractivity contribution is 0.0398. The minimum Gasteiger partial charge on any atom is -0.381 e. The van der Waals surface area contributed by atoms with Crippen LogP contribution in [0.4, 0.5) is 4.39 Å². The molecule has 1 heterocycles. The van der Waals surface area contributed by atoms with Crippen LogP contribution < -0.4 is 5.32 Å². The number of rotatable bonds is 2. The molecule has 0 spiro atoms. The van der Waals surface area contributed by atoms with E-state index >= 15 is 0 Å². The van der Waals surface area contributed by atoms with Crippen molar-refractivity contribution in [2.45, 2.75) is 18.4 Å². The topological polar surface area (TPSA) is 21.3 Å². The van der Waals surface area contributed by atoms with Gasteiger partial charge in [0.05, 0.1) is 5.02 Å². The molecule has 88 valence electrons. The average Bonchev–Trinajstić information content (AvgIpc) is 2.33. The van der Waals surface area contributed by atoms with E-state index in [0.717, 1.165) is 31.6 Å². The molecular weight excluding hydrogens is 229 g/mol. The van der Waals surface area contributed by atoms with E-state index in [9.17, 15) is 4.39 Å². The third-order valence-electron chi connectivity index (χ3n) is 3.30. The standard InChI is InChI=1S/C12H15ClFNO/c1-15-12(4-6-16-7-5-12)9-2-3-11(14)10(13)8-9/h2-3,8,15H,4-7H2,1H3. The molecule has 1 aliphatic heterocycles. The molecule has 2 rings (SSSR count). The lowest BCUT2D eigenvalue weighted by atomic mass is 9.83. The van der Waals surface area contributed by atoms with Crippen molar-refractivity contribution in [2.75, 3.05) is 20.3 Å². The Morgan fingerprint density at radius 2 is 2.06 bits per heavy atom. The van der Waals surface area contributed by atoms with Gasteiger partial charge in [0, 0.05) is 18.8 Å². The molecule has 1 N–H and O–H groups in total. The van der Waals surface area contributed by atoms with Crippen molar-refractivity contribution in [2.24, 2.45) is 0 Å². The molecule has 16 heavy (non-hydrogen) atoms. The van der Waals surface area contributed by atoms with Gasteiger partial charge in [-0.3, -0.25) is 0 Å². The Labute approximate surface area is 99.7 Å². The predicted molar refractivity (Wildman–Crippen MR) is 62.2 cm³/mol.